The Morgan fingerprint density at radius 2 is 2.11 bits per heavy atom. The first kappa shape index (κ1) is 19.2. The fourth-order valence-corrected chi connectivity index (χ4v) is 3.58. The molecular weight excluding hydrogens is 390 g/mol. The maximum Gasteiger partial charge on any atom is 0.325 e. The zero-order chi connectivity index (χ0) is 20.4. The van der Waals surface area contributed by atoms with E-state index in [1.807, 2.05) is 0 Å². The molecule has 3 rings (SSSR count). The zero-order valence-corrected chi connectivity index (χ0v) is 15.9. The van der Waals surface area contributed by atoms with Gasteiger partial charge in [-0.25, -0.2) is 0 Å². The van der Waals surface area contributed by atoms with Crippen molar-refractivity contribution in [2.75, 3.05) is 14.2 Å². The first-order chi connectivity index (χ1) is 13.3. The SMILES string of the molecule is COC(=O)Cn1c(=NC(=O)c2cn(C)nc2OC)sc2cc([N+](=O)[O-])ccc21. The van der Waals surface area contributed by atoms with Gasteiger partial charge in [-0.05, 0) is 6.07 Å². The molecule has 12 heteroatoms. The number of aromatic nitrogens is 3. The number of carbonyl (C=O) groups is 2. The minimum absolute atomic E-state index is 0.106. The summed E-state index contributed by atoms with van der Waals surface area (Å²) in [6, 6.07) is 4.18. The van der Waals surface area contributed by atoms with Crippen molar-refractivity contribution in [1.29, 1.82) is 0 Å². The molecular formula is C16H15N5O6S. The quantitative estimate of drug-likeness (QED) is 0.355. The maximum atomic E-state index is 12.6. The Bertz CT molecular complexity index is 1160. The smallest absolute Gasteiger partial charge is 0.325 e. The number of methoxy groups -OCH3 is 2. The van der Waals surface area contributed by atoms with Crippen molar-refractivity contribution in [2.24, 2.45) is 12.0 Å². The Labute approximate surface area is 161 Å². The lowest BCUT2D eigenvalue weighted by atomic mass is 10.3. The van der Waals surface area contributed by atoms with E-state index in [1.165, 1.54) is 47.9 Å². The number of nitro groups is 1. The molecule has 0 spiro atoms. The first-order valence-electron chi connectivity index (χ1n) is 7.85. The third kappa shape index (κ3) is 3.62. The van der Waals surface area contributed by atoms with E-state index in [-0.39, 0.29) is 28.5 Å². The van der Waals surface area contributed by atoms with Crippen LogP contribution in [0.2, 0.25) is 0 Å². The molecule has 0 bridgehead atoms. The number of thiazole rings is 1. The van der Waals surface area contributed by atoms with Crippen LogP contribution in [0.25, 0.3) is 10.2 Å². The highest BCUT2D eigenvalue weighted by Crippen LogP contribution is 2.24. The summed E-state index contributed by atoms with van der Waals surface area (Å²) in [6.45, 7) is -0.204. The van der Waals surface area contributed by atoms with E-state index in [0.29, 0.717) is 10.2 Å². The number of amides is 1. The van der Waals surface area contributed by atoms with Crippen LogP contribution in [0.1, 0.15) is 10.4 Å². The second kappa shape index (κ2) is 7.60. The largest absolute Gasteiger partial charge is 0.479 e. The lowest BCUT2D eigenvalue weighted by Crippen LogP contribution is -2.22. The summed E-state index contributed by atoms with van der Waals surface area (Å²) in [6.07, 6.45) is 1.47. The number of ether oxygens (including phenoxy) is 2. The Balaban J connectivity index is 2.18. The van der Waals surface area contributed by atoms with Crippen molar-refractivity contribution in [3.63, 3.8) is 0 Å². The number of carbonyl (C=O) groups excluding carboxylic acids is 2. The van der Waals surface area contributed by atoms with Crippen LogP contribution in [-0.2, 0) is 23.1 Å². The normalized spacial score (nSPS) is 11.6. The minimum atomic E-state index is -0.621. The third-order valence-corrected chi connectivity index (χ3v) is 4.85. The monoisotopic (exact) mass is 405 g/mol. The molecule has 0 fully saturated rings. The van der Waals surface area contributed by atoms with Gasteiger partial charge < -0.3 is 14.0 Å². The summed E-state index contributed by atoms with van der Waals surface area (Å²) in [5, 5.41) is 15.0. The molecule has 0 aliphatic heterocycles. The van der Waals surface area contributed by atoms with Crippen molar-refractivity contribution in [3.05, 3.63) is 44.9 Å². The molecule has 28 heavy (non-hydrogen) atoms. The van der Waals surface area contributed by atoms with E-state index in [9.17, 15) is 19.7 Å². The van der Waals surface area contributed by atoms with Crippen LogP contribution < -0.4 is 9.54 Å². The van der Waals surface area contributed by atoms with Gasteiger partial charge in [0.25, 0.3) is 11.6 Å². The Kier molecular flexibility index (Phi) is 5.22. The molecule has 11 nitrogen and oxygen atoms in total. The van der Waals surface area contributed by atoms with Gasteiger partial charge in [0, 0.05) is 25.4 Å². The molecule has 1 amide bonds. The van der Waals surface area contributed by atoms with Gasteiger partial charge in [0.2, 0.25) is 5.88 Å². The Morgan fingerprint density at radius 3 is 2.75 bits per heavy atom. The van der Waals surface area contributed by atoms with Gasteiger partial charge in [-0.2, -0.15) is 4.99 Å². The molecule has 0 radical (unpaired) electrons. The lowest BCUT2D eigenvalue weighted by Gasteiger charge is -2.03. The van der Waals surface area contributed by atoms with E-state index < -0.39 is 16.8 Å². The molecule has 2 heterocycles. The van der Waals surface area contributed by atoms with Crippen molar-refractivity contribution in [1.82, 2.24) is 14.3 Å². The van der Waals surface area contributed by atoms with Crippen LogP contribution in [0, 0.1) is 10.1 Å². The van der Waals surface area contributed by atoms with Crippen molar-refractivity contribution < 1.29 is 24.0 Å². The van der Waals surface area contributed by atoms with E-state index in [2.05, 4.69) is 10.1 Å². The molecule has 3 aromatic rings. The number of esters is 1. The molecule has 0 atom stereocenters. The van der Waals surface area contributed by atoms with E-state index in [0.717, 1.165) is 11.3 Å². The highest BCUT2D eigenvalue weighted by Gasteiger charge is 2.18. The molecule has 0 aliphatic rings. The van der Waals surface area contributed by atoms with Crippen LogP contribution in [0.15, 0.2) is 29.4 Å². The minimum Gasteiger partial charge on any atom is -0.479 e. The summed E-state index contributed by atoms with van der Waals surface area (Å²) in [5.74, 6) is -1.05. The van der Waals surface area contributed by atoms with E-state index in [1.54, 1.807) is 7.05 Å². The average molecular weight is 405 g/mol. The van der Waals surface area contributed by atoms with Crippen LogP contribution in [0.3, 0.4) is 0 Å². The molecule has 0 saturated heterocycles. The standard InChI is InChI=1S/C16H15N5O6S/c1-19-7-10(15(18-19)27-3)14(23)17-16-20(8-13(22)26-2)11-5-4-9(21(24)25)6-12(11)28-16/h4-7H,8H2,1-3H3. The van der Waals surface area contributed by atoms with Gasteiger partial charge in [-0.3, -0.25) is 24.4 Å². The van der Waals surface area contributed by atoms with Gasteiger partial charge >= 0.3 is 5.97 Å². The molecule has 0 unspecified atom stereocenters. The third-order valence-electron chi connectivity index (χ3n) is 3.81. The second-order valence-electron chi connectivity index (χ2n) is 5.60. The molecule has 0 saturated carbocycles. The zero-order valence-electron chi connectivity index (χ0n) is 15.1. The van der Waals surface area contributed by atoms with E-state index in [4.69, 9.17) is 9.47 Å². The van der Waals surface area contributed by atoms with Crippen molar-refractivity contribution in [3.8, 4) is 5.88 Å². The predicted molar refractivity (Wildman–Crippen MR) is 98.1 cm³/mol. The lowest BCUT2D eigenvalue weighted by molar-refractivity contribution is -0.384. The molecule has 0 N–H and O–H groups in total. The summed E-state index contributed by atoms with van der Waals surface area (Å²) in [7, 11) is 4.26. The van der Waals surface area contributed by atoms with Gasteiger partial charge in [-0.1, -0.05) is 11.3 Å². The van der Waals surface area contributed by atoms with Crippen LogP contribution in [-0.4, -0.2) is 45.4 Å². The maximum absolute atomic E-state index is 12.6. The molecule has 2 aromatic heterocycles. The first-order valence-corrected chi connectivity index (χ1v) is 8.67. The molecule has 1 aromatic carbocycles. The summed E-state index contributed by atoms with van der Waals surface area (Å²) in [4.78, 5) is 39.2. The van der Waals surface area contributed by atoms with Crippen LogP contribution in [0.5, 0.6) is 5.88 Å². The number of fused-ring (bicyclic) bond motifs is 1. The van der Waals surface area contributed by atoms with Crippen molar-refractivity contribution >= 4 is 39.1 Å². The van der Waals surface area contributed by atoms with Gasteiger partial charge in [0.05, 0.1) is 29.4 Å². The summed E-state index contributed by atoms with van der Waals surface area (Å²) in [5.41, 5.74) is 0.564. The average Bonchev–Trinajstić information content (AvgIpc) is 3.21. The fourth-order valence-electron chi connectivity index (χ4n) is 2.52. The van der Waals surface area contributed by atoms with Crippen molar-refractivity contribution in [2.45, 2.75) is 6.54 Å². The molecule has 0 aliphatic carbocycles. The predicted octanol–water partition coefficient (Wildman–Crippen LogP) is 1.27. The van der Waals surface area contributed by atoms with Crippen LogP contribution >= 0.6 is 11.3 Å². The summed E-state index contributed by atoms with van der Waals surface area (Å²) >= 11 is 1.05. The Morgan fingerprint density at radius 1 is 1.36 bits per heavy atom. The highest BCUT2D eigenvalue weighted by molar-refractivity contribution is 7.16. The fraction of sp³-hybridized carbons (Fsp3) is 0.250. The number of nitro benzene ring substituents is 1. The second-order valence-corrected chi connectivity index (χ2v) is 6.61. The summed E-state index contributed by atoms with van der Waals surface area (Å²) < 4.78 is 13.2. The molecule has 146 valence electrons. The number of benzene rings is 1. The number of hydrogen-bond acceptors (Lipinski definition) is 8. The topological polar surface area (TPSA) is 131 Å². The highest BCUT2D eigenvalue weighted by atomic mass is 32.1. The van der Waals surface area contributed by atoms with E-state index >= 15 is 0 Å². The number of non-ortho nitro benzene ring substituents is 1. The number of aryl methyl sites for hydroxylation is 1. The van der Waals surface area contributed by atoms with Gasteiger partial charge in [-0.15, -0.1) is 5.10 Å². The van der Waals surface area contributed by atoms with Gasteiger partial charge in [0.15, 0.2) is 4.80 Å². The van der Waals surface area contributed by atoms with Gasteiger partial charge in [0.1, 0.15) is 12.1 Å². The number of rotatable bonds is 5. The number of nitrogens with zero attached hydrogens (tertiary/aromatic N) is 5. The number of hydrogen-bond donors (Lipinski definition) is 0. The Hall–Kier alpha value is -3.54. The van der Waals surface area contributed by atoms with Crippen LogP contribution in [0.4, 0.5) is 5.69 Å².